The topological polar surface area (TPSA) is 44.8 Å². The van der Waals surface area contributed by atoms with Gasteiger partial charge in [-0.1, -0.05) is 90.9 Å². The molecule has 0 amide bonds. The molecule has 1 atom stereocenters. The van der Waals surface area contributed by atoms with E-state index in [4.69, 9.17) is 14.2 Å². The van der Waals surface area contributed by atoms with Crippen LogP contribution >= 0.6 is 0 Å². The highest BCUT2D eigenvalue weighted by Gasteiger charge is 2.20. The molecule has 0 spiro atoms. The van der Waals surface area contributed by atoms with Crippen LogP contribution in [0.25, 0.3) is 0 Å². The van der Waals surface area contributed by atoms with Crippen LogP contribution in [-0.2, 0) is 0 Å². The summed E-state index contributed by atoms with van der Waals surface area (Å²) in [6, 6.07) is 14.6. The minimum absolute atomic E-state index is 0.166. The van der Waals surface area contributed by atoms with Gasteiger partial charge in [0.2, 0.25) is 0 Å². The second-order valence-corrected chi connectivity index (χ2v) is 11.9. The highest BCUT2D eigenvalue weighted by Crippen LogP contribution is 2.33. The highest BCUT2D eigenvalue weighted by molar-refractivity contribution is 5.91. The Kier molecular flexibility index (Phi) is 15.0. The van der Waals surface area contributed by atoms with E-state index in [1.807, 2.05) is 24.3 Å². The third kappa shape index (κ3) is 12.4. The fraction of sp³-hybridized carbons (Fsp3) is 0.639. The lowest BCUT2D eigenvalue weighted by atomic mass is 9.78. The lowest BCUT2D eigenvalue weighted by Crippen LogP contribution is -2.15. The van der Waals surface area contributed by atoms with Gasteiger partial charge in [0.15, 0.2) is 0 Å². The van der Waals surface area contributed by atoms with Crippen LogP contribution in [0, 0.1) is 11.8 Å². The molecule has 0 aromatic heterocycles. The Balaban J connectivity index is 1.30. The fourth-order valence-corrected chi connectivity index (χ4v) is 5.90. The number of carbonyl (C=O) groups excluding carboxylic acids is 1. The third-order valence-electron chi connectivity index (χ3n) is 8.36. The molecule has 1 aliphatic rings. The number of benzene rings is 2. The van der Waals surface area contributed by atoms with Crippen molar-refractivity contribution in [2.24, 2.45) is 11.8 Å². The molecule has 222 valence electrons. The van der Waals surface area contributed by atoms with Gasteiger partial charge in [-0.2, -0.15) is 0 Å². The second kappa shape index (κ2) is 18.8. The molecule has 2 aromatic rings. The number of hydrogen-bond acceptors (Lipinski definition) is 4. The monoisotopic (exact) mass is 550 g/mol. The molecule has 1 aliphatic carbocycles. The quantitative estimate of drug-likeness (QED) is 0.0991. The van der Waals surface area contributed by atoms with Crippen LogP contribution < -0.4 is 14.2 Å². The summed E-state index contributed by atoms with van der Waals surface area (Å²) in [5.41, 5.74) is 0.510. The van der Waals surface area contributed by atoms with E-state index in [1.54, 1.807) is 24.3 Å². The second-order valence-electron chi connectivity index (χ2n) is 11.9. The number of rotatable bonds is 19. The van der Waals surface area contributed by atoms with Gasteiger partial charge in [0.25, 0.3) is 0 Å². The largest absolute Gasteiger partial charge is 0.494 e. The molecular formula is C36H54O4. The first-order valence-corrected chi connectivity index (χ1v) is 16.3. The van der Waals surface area contributed by atoms with Gasteiger partial charge in [-0.05, 0) is 93.0 Å². The number of esters is 1. The molecule has 0 saturated heterocycles. The van der Waals surface area contributed by atoms with E-state index in [1.165, 1.54) is 89.9 Å². The Hall–Kier alpha value is -2.49. The Morgan fingerprint density at radius 3 is 1.93 bits per heavy atom. The maximum Gasteiger partial charge on any atom is 0.343 e. The molecule has 1 fully saturated rings. The normalized spacial score (nSPS) is 17.8. The molecule has 0 radical (unpaired) electrons. The van der Waals surface area contributed by atoms with Crippen LogP contribution in [0.15, 0.2) is 48.5 Å². The smallest absolute Gasteiger partial charge is 0.343 e. The van der Waals surface area contributed by atoms with Crippen LogP contribution in [-0.4, -0.2) is 18.7 Å². The summed E-state index contributed by atoms with van der Waals surface area (Å²) >= 11 is 0. The predicted octanol–water partition coefficient (Wildman–Crippen LogP) is 10.6. The van der Waals surface area contributed by atoms with Crippen molar-refractivity contribution in [2.75, 3.05) is 6.61 Å². The van der Waals surface area contributed by atoms with Gasteiger partial charge in [-0.3, -0.25) is 0 Å². The van der Waals surface area contributed by atoms with Crippen molar-refractivity contribution in [1.29, 1.82) is 0 Å². The fourth-order valence-electron chi connectivity index (χ4n) is 5.90. The number of ether oxygens (including phenoxy) is 3. The summed E-state index contributed by atoms with van der Waals surface area (Å²) in [4.78, 5) is 12.6. The number of unbranched alkanes of at least 4 members (excludes halogenated alkanes) is 6. The van der Waals surface area contributed by atoms with Gasteiger partial charge >= 0.3 is 5.97 Å². The number of hydrogen-bond donors (Lipinski definition) is 0. The summed E-state index contributed by atoms with van der Waals surface area (Å²) in [5.74, 6) is 3.60. The van der Waals surface area contributed by atoms with Crippen LogP contribution in [0.1, 0.15) is 134 Å². The molecule has 0 N–H and O–H groups in total. The van der Waals surface area contributed by atoms with Gasteiger partial charge in [0.05, 0.1) is 18.3 Å². The summed E-state index contributed by atoms with van der Waals surface area (Å²) in [6.45, 7) is 7.41. The first-order chi connectivity index (χ1) is 19.6. The Morgan fingerprint density at radius 2 is 1.27 bits per heavy atom. The lowest BCUT2D eigenvalue weighted by Gasteiger charge is -2.28. The molecule has 3 rings (SSSR count). The molecule has 0 bridgehead atoms. The molecule has 0 aliphatic heterocycles. The van der Waals surface area contributed by atoms with E-state index in [2.05, 4.69) is 20.8 Å². The summed E-state index contributed by atoms with van der Waals surface area (Å²) < 4.78 is 17.6. The molecule has 4 nitrogen and oxygen atoms in total. The highest BCUT2D eigenvalue weighted by atomic mass is 16.5. The maximum atomic E-state index is 12.6. The number of carbonyl (C=O) groups is 1. The molecule has 1 saturated carbocycles. The van der Waals surface area contributed by atoms with E-state index < -0.39 is 0 Å². The first kappa shape index (κ1) is 32.0. The molecule has 2 aromatic carbocycles. The van der Waals surface area contributed by atoms with Gasteiger partial charge < -0.3 is 14.2 Å². The van der Waals surface area contributed by atoms with Crippen molar-refractivity contribution in [2.45, 2.75) is 130 Å². The van der Waals surface area contributed by atoms with Crippen LogP contribution in [0.2, 0.25) is 0 Å². The Bertz CT molecular complexity index is 928. The van der Waals surface area contributed by atoms with Gasteiger partial charge in [0, 0.05) is 0 Å². The van der Waals surface area contributed by atoms with E-state index in [0.29, 0.717) is 11.3 Å². The van der Waals surface area contributed by atoms with Crippen molar-refractivity contribution >= 4 is 5.97 Å². The zero-order valence-electron chi connectivity index (χ0n) is 25.5. The molecule has 40 heavy (non-hydrogen) atoms. The van der Waals surface area contributed by atoms with Crippen molar-refractivity contribution in [3.8, 4) is 17.2 Å². The van der Waals surface area contributed by atoms with Crippen LogP contribution in [0.4, 0.5) is 0 Å². The summed E-state index contributed by atoms with van der Waals surface area (Å²) in [5, 5.41) is 0. The van der Waals surface area contributed by atoms with Gasteiger partial charge in [-0.25, -0.2) is 4.79 Å². The van der Waals surface area contributed by atoms with Crippen LogP contribution in [0.5, 0.6) is 17.2 Å². The molecular weight excluding hydrogens is 496 g/mol. The average Bonchev–Trinajstić information content (AvgIpc) is 2.97. The summed E-state index contributed by atoms with van der Waals surface area (Å²) in [6.07, 6.45) is 21.0. The minimum Gasteiger partial charge on any atom is -0.494 e. The molecule has 1 unspecified atom stereocenters. The summed E-state index contributed by atoms with van der Waals surface area (Å²) in [7, 11) is 0. The zero-order chi connectivity index (χ0) is 28.4. The third-order valence-corrected chi connectivity index (χ3v) is 8.36. The predicted molar refractivity (Wildman–Crippen MR) is 166 cm³/mol. The SMILES string of the molecule is CCCCCCCCCC(C)Oc1ccc(C(=O)Oc2ccc(OCCCC3CCC(CCC)CC3)cc2)cc1. The first-order valence-electron chi connectivity index (χ1n) is 16.3. The standard InChI is InChI=1S/C36H54O4/c1-4-6-7-8-9-10-11-14-29(3)39-34-22-20-32(21-23-34)36(37)40-35-26-24-33(25-27-35)38-28-12-15-31-18-16-30(13-5-2)17-19-31/h20-27,29-31H,4-19,28H2,1-3H3. The van der Waals surface area contributed by atoms with Gasteiger partial charge in [0.1, 0.15) is 17.2 Å². The van der Waals surface area contributed by atoms with Crippen molar-refractivity contribution < 1.29 is 19.0 Å². The van der Waals surface area contributed by atoms with Crippen molar-refractivity contribution in [3.63, 3.8) is 0 Å². The van der Waals surface area contributed by atoms with Crippen LogP contribution in [0.3, 0.4) is 0 Å². The lowest BCUT2D eigenvalue weighted by molar-refractivity contribution is 0.0734. The zero-order valence-corrected chi connectivity index (χ0v) is 25.5. The molecule has 4 heteroatoms. The Morgan fingerprint density at radius 1 is 0.700 bits per heavy atom. The van der Waals surface area contributed by atoms with Crippen molar-refractivity contribution in [1.82, 2.24) is 0 Å². The van der Waals surface area contributed by atoms with E-state index >= 15 is 0 Å². The van der Waals surface area contributed by atoms with E-state index in [-0.39, 0.29) is 12.1 Å². The van der Waals surface area contributed by atoms with Crippen molar-refractivity contribution in [3.05, 3.63) is 54.1 Å². The van der Waals surface area contributed by atoms with E-state index in [0.717, 1.165) is 42.8 Å². The Labute approximate surface area is 244 Å². The van der Waals surface area contributed by atoms with E-state index in [9.17, 15) is 4.79 Å². The molecule has 0 heterocycles. The maximum absolute atomic E-state index is 12.6. The average molecular weight is 551 g/mol. The minimum atomic E-state index is -0.370. The van der Waals surface area contributed by atoms with Gasteiger partial charge in [-0.15, -0.1) is 0 Å².